The number of nitrogens with two attached hydrogens (primary N) is 1. The molecule has 1 rings (SSSR count). The summed E-state index contributed by atoms with van der Waals surface area (Å²) in [6, 6.07) is 0.257. The van der Waals surface area contributed by atoms with Gasteiger partial charge in [-0.1, -0.05) is 5.16 Å². The SMILES string of the molecule is CC(CNC(=O)C1(C(N)=NO)CC1)N(C)C. The van der Waals surface area contributed by atoms with Crippen LogP contribution in [-0.2, 0) is 4.79 Å². The van der Waals surface area contributed by atoms with Gasteiger partial charge in [0.2, 0.25) is 5.91 Å². The molecule has 0 spiro atoms. The molecule has 0 aliphatic heterocycles. The fraction of sp³-hybridized carbons (Fsp3) is 0.800. The van der Waals surface area contributed by atoms with Gasteiger partial charge in [-0.15, -0.1) is 0 Å². The van der Waals surface area contributed by atoms with Gasteiger partial charge in [0.15, 0.2) is 5.84 Å². The third-order valence-corrected chi connectivity index (χ3v) is 3.22. The Morgan fingerprint density at radius 3 is 2.56 bits per heavy atom. The summed E-state index contributed by atoms with van der Waals surface area (Å²) in [6.07, 6.45) is 1.32. The molecule has 0 saturated heterocycles. The molecule has 0 heterocycles. The van der Waals surface area contributed by atoms with Crippen molar-refractivity contribution in [2.24, 2.45) is 16.3 Å². The van der Waals surface area contributed by atoms with E-state index in [1.165, 1.54) is 0 Å². The van der Waals surface area contributed by atoms with Crippen LogP contribution in [0.1, 0.15) is 19.8 Å². The van der Waals surface area contributed by atoms with Crippen molar-refractivity contribution in [3.63, 3.8) is 0 Å². The largest absolute Gasteiger partial charge is 0.409 e. The van der Waals surface area contributed by atoms with Crippen molar-refractivity contribution in [1.29, 1.82) is 0 Å². The number of hydrogen-bond donors (Lipinski definition) is 3. The number of nitrogens with one attached hydrogen (secondary N) is 1. The molecule has 4 N–H and O–H groups in total. The molecule has 92 valence electrons. The summed E-state index contributed by atoms with van der Waals surface area (Å²) in [6.45, 7) is 2.58. The number of carbonyl (C=O) groups excluding carboxylic acids is 1. The number of oxime groups is 1. The molecule has 6 nitrogen and oxygen atoms in total. The Morgan fingerprint density at radius 1 is 1.62 bits per heavy atom. The van der Waals surface area contributed by atoms with Crippen molar-refractivity contribution < 1.29 is 10.0 Å². The minimum atomic E-state index is -0.749. The van der Waals surface area contributed by atoms with Crippen LogP contribution >= 0.6 is 0 Å². The number of carbonyl (C=O) groups is 1. The number of hydrogen-bond acceptors (Lipinski definition) is 4. The van der Waals surface area contributed by atoms with E-state index in [9.17, 15) is 4.79 Å². The van der Waals surface area contributed by atoms with E-state index in [4.69, 9.17) is 10.9 Å². The third kappa shape index (κ3) is 2.44. The van der Waals surface area contributed by atoms with Crippen LogP contribution in [0.25, 0.3) is 0 Å². The molecule has 0 aromatic rings. The molecule has 0 aromatic heterocycles. The number of likely N-dealkylation sites (N-methyl/N-ethyl adjacent to an activating group) is 1. The Hall–Kier alpha value is -1.30. The molecule has 1 aliphatic carbocycles. The van der Waals surface area contributed by atoms with E-state index in [0.29, 0.717) is 19.4 Å². The average molecular weight is 228 g/mol. The Bertz CT molecular complexity index is 297. The lowest BCUT2D eigenvalue weighted by molar-refractivity contribution is -0.124. The molecule has 1 atom stereocenters. The Balaban J connectivity index is 2.48. The zero-order chi connectivity index (χ0) is 12.3. The Kier molecular flexibility index (Phi) is 3.74. The van der Waals surface area contributed by atoms with Crippen LogP contribution in [0.15, 0.2) is 5.16 Å². The lowest BCUT2D eigenvalue weighted by Crippen LogP contribution is -2.45. The normalized spacial score (nSPS) is 20.6. The topological polar surface area (TPSA) is 91.0 Å². The summed E-state index contributed by atoms with van der Waals surface area (Å²) in [5.74, 6) is -0.126. The zero-order valence-electron chi connectivity index (χ0n) is 10.0. The van der Waals surface area contributed by atoms with Gasteiger partial charge in [0.05, 0.1) is 0 Å². The molecule has 1 unspecified atom stereocenters. The van der Waals surface area contributed by atoms with Gasteiger partial charge in [0.25, 0.3) is 0 Å². The van der Waals surface area contributed by atoms with E-state index in [-0.39, 0.29) is 17.8 Å². The van der Waals surface area contributed by atoms with Crippen molar-refractivity contribution in [2.45, 2.75) is 25.8 Å². The maximum absolute atomic E-state index is 11.9. The van der Waals surface area contributed by atoms with Gasteiger partial charge >= 0.3 is 0 Å². The maximum Gasteiger partial charge on any atom is 0.234 e. The standard InChI is InChI=1S/C10H20N4O2/c1-7(14(2)3)6-12-9(15)10(4-5-10)8(11)13-16/h7,16H,4-6H2,1-3H3,(H2,11,13)(H,12,15). The highest BCUT2D eigenvalue weighted by molar-refractivity contribution is 6.09. The van der Waals surface area contributed by atoms with E-state index < -0.39 is 5.41 Å². The summed E-state index contributed by atoms with van der Waals surface area (Å²) in [5.41, 5.74) is 4.76. The van der Waals surface area contributed by atoms with E-state index in [1.54, 1.807) is 0 Å². The van der Waals surface area contributed by atoms with Crippen molar-refractivity contribution in [3.05, 3.63) is 0 Å². The summed E-state index contributed by atoms with van der Waals surface area (Å²) < 4.78 is 0. The second-order valence-electron chi connectivity index (χ2n) is 4.59. The first kappa shape index (κ1) is 12.8. The summed E-state index contributed by atoms with van der Waals surface area (Å²) in [7, 11) is 3.90. The predicted molar refractivity (Wildman–Crippen MR) is 61.2 cm³/mol. The molecule has 1 saturated carbocycles. The highest BCUT2D eigenvalue weighted by Gasteiger charge is 2.54. The number of amidine groups is 1. The Morgan fingerprint density at radius 2 is 2.19 bits per heavy atom. The van der Waals surface area contributed by atoms with E-state index >= 15 is 0 Å². The van der Waals surface area contributed by atoms with Crippen LogP contribution in [-0.4, -0.2) is 48.5 Å². The smallest absolute Gasteiger partial charge is 0.234 e. The molecule has 1 amide bonds. The molecule has 0 bridgehead atoms. The van der Waals surface area contributed by atoms with Gasteiger partial charge in [-0.05, 0) is 33.9 Å². The molecule has 1 aliphatic rings. The van der Waals surface area contributed by atoms with Crippen molar-refractivity contribution in [3.8, 4) is 0 Å². The highest BCUT2D eigenvalue weighted by Crippen LogP contribution is 2.45. The van der Waals surface area contributed by atoms with Crippen molar-refractivity contribution in [2.75, 3.05) is 20.6 Å². The number of rotatable bonds is 5. The first-order valence-electron chi connectivity index (χ1n) is 5.37. The fourth-order valence-electron chi connectivity index (χ4n) is 1.41. The van der Waals surface area contributed by atoms with Crippen LogP contribution in [0.5, 0.6) is 0 Å². The maximum atomic E-state index is 11.9. The molecule has 16 heavy (non-hydrogen) atoms. The second-order valence-corrected chi connectivity index (χ2v) is 4.59. The van der Waals surface area contributed by atoms with Crippen LogP contribution in [0.2, 0.25) is 0 Å². The minimum Gasteiger partial charge on any atom is -0.409 e. The van der Waals surface area contributed by atoms with Gasteiger partial charge in [-0.25, -0.2) is 0 Å². The van der Waals surface area contributed by atoms with E-state index in [1.807, 2.05) is 25.9 Å². The predicted octanol–water partition coefficient (Wildman–Crippen LogP) is -0.421. The molecule has 6 heteroatoms. The van der Waals surface area contributed by atoms with Crippen LogP contribution in [0, 0.1) is 5.41 Å². The van der Waals surface area contributed by atoms with Crippen molar-refractivity contribution in [1.82, 2.24) is 10.2 Å². The van der Waals surface area contributed by atoms with Gasteiger partial charge in [-0.2, -0.15) is 0 Å². The van der Waals surface area contributed by atoms with Crippen LogP contribution in [0.3, 0.4) is 0 Å². The molecule has 1 fully saturated rings. The lowest BCUT2D eigenvalue weighted by Gasteiger charge is -2.21. The monoisotopic (exact) mass is 228 g/mol. The van der Waals surface area contributed by atoms with Crippen molar-refractivity contribution >= 4 is 11.7 Å². The number of nitrogens with zero attached hydrogens (tertiary/aromatic N) is 2. The average Bonchev–Trinajstić information content (AvgIpc) is 3.05. The second kappa shape index (κ2) is 4.69. The number of amides is 1. The fourth-order valence-corrected chi connectivity index (χ4v) is 1.41. The third-order valence-electron chi connectivity index (χ3n) is 3.22. The highest BCUT2D eigenvalue weighted by atomic mass is 16.4. The van der Waals surface area contributed by atoms with E-state index in [0.717, 1.165) is 0 Å². The first-order chi connectivity index (χ1) is 7.44. The summed E-state index contributed by atoms with van der Waals surface area (Å²) in [4.78, 5) is 13.9. The Labute approximate surface area is 95.5 Å². The minimum absolute atomic E-state index is 0.0162. The van der Waals surface area contributed by atoms with E-state index in [2.05, 4.69) is 10.5 Å². The van der Waals surface area contributed by atoms with Crippen LogP contribution < -0.4 is 11.1 Å². The van der Waals surface area contributed by atoms with Gasteiger partial charge in [0, 0.05) is 12.6 Å². The van der Waals surface area contributed by atoms with Gasteiger partial charge < -0.3 is 21.2 Å². The van der Waals surface area contributed by atoms with Gasteiger partial charge in [0.1, 0.15) is 5.41 Å². The van der Waals surface area contributed by atoms with Crippen LogP contribution in [0.4, 0.5) is 0 Å². The summed E-state index contributed by atoms with van der Waals surface area (Å²) in [5, 5.41) is 14.4. The van der Waals surface area contributed by atoms with Gasteiger partial charge in [-0.3, -0.25) is 4.79 Å². The zero-order valence-corrected chi connectivity index (χ0v) is 10.0. The summed E-state index contributed by atoms with van der Waals surface area (Å²) >= 11 is 0. The lowest BCUT2D eigenvalue weighted by atomic mass is 10.1. The molecule has 0 aromatic carbocycles. The molecule has 0 radical (unpaired) electrons. The molecular formula is C10H20N4O2. The quantitative estimate of drug-likeness (QED) is 0.258. The first-order valence-corrected chi connectivity index (χ1v) is 5.37. The molecular weight excluding hydrogens is 208 g/mol.